The molecule has 2 aromatic rings. The number of halogens is 2. The van der Waals surface area contributed by atoms with Gasteiger partial charge in [0.2, 0.25) is 5.91 Å². The van der Waals surface area contributed by atoms with Gasteiger partial charge < -0.3 is 9.88 Å². The van der Waals surface area contributed by atoms with E-state index in [2.05, 4.69) is 20.2 Å². The first-order valence-corrected chi connectivity index (χ1v) is 7.81. The van der Waals surface area contributed by atoms with Gasteiger partial charge in [-0.05, 0) is 31.0 Å². The molecule has 1 unspecified atom stereocenters. The van der Waals surface area contributed by atoms with E-state index in [1.807, 2.05) is 13.1 Å². The summed E-state index contributed by atoms with van der Waals surface area (Å²) in [6.07, 6.45) is 1.88. The van der Waals surface area contributed by atoms with E-state index in [1.165, 1.54) is 12.8 Å². The summed E-state index contributed by atoms with van der Waals surface area (Å²) >= 11 is 0. The van der Waals surface area contributed by atoms with E-state index in [0.29, 0.717) is 11.6 Å². The quantitative estimate of drug-likeness (QED) is 0.913. The van der Waals surface area contributed by atoms with Crippen LogP contribution < -0.4 is 10.6 Å². The number of anilines is 1. The number of hydrogen-bond acceptors (Lipinski definition) is 3. The standard InChI is InChI=1S/C16H18F2N4O/c1-22-13-5-4-10(6-11(13)21-14(22)9-2-3-9)20-15(23)12-7-16(17,18)8-19-12/h4-6,9,12,19H,2-3,7-8H2,1H3,(H,20,23). The number of carbonyl (C=O) groups excluding carboxylic acids is 1. The lowest BCUT2D eigenvalue weighted by atomic mass is 10.1. The van der Waals surface area contributed by atoms with Crippen LogP contribution in [0, 0.1) is 0 Å². The number of hydrogen-bond donors (Lipinski definition) is 2. The number of rotatable bonds is 3. The fourth-order valence-electron chi connectivity index (χ4n) is 3.13. The van der Waals surface area contributed by atoms with Crippen LogP contribution in [0.15, 0.2) is 18.2 Å². The summed E-state index contributed by atoms with van der Waals surface area (Å²) in [5, 5.41) is 5.26. The monoisotopic (exact) mass is 320 g/mol. The molecule has 122 valence electrons. The topological polar surface area (TPSA) is 59.0 Å². The summed E-state index contributed by atoms with van der Waals surface area (Å²) in [6, 6.07) is 4.63. The van der Waals surface area contributed by atoms with Crippen LogP contribution >= 0.6 is 0 Å². The lowest BCUT2D eigenvalue weighted by Crippen LogP contribution is -2.35. The van der Waals surface area contributed by atoms with Crippen LogP contribution in [-0.2, 0) is 11.8 Å². The molecular formula is C16H18F2N4O. The molecule has 0 bridgehead atoms. The van der Waals surface area contributed by atoms with Crippen LogP contribution in [0.25, 0.3) is 11.0 Å². The van der Waals surface area contributed by atoms with Gasteiger partial charge in [-0.25, -0.2) is 13.8 Å². The van der Waals surface area contributed by atoms with Gasteiger partial charge in [-0.15, -0.1) is 0 Å². The molecule has 5 nitrogen and oxygen atoms in total. The summed E-state index contributed by atoms with van der Waals surface area (Å²) in [5.74, 6) is -1.64. The molecule has 1 amide bonds. The fraction of sp³-hybridized carbons (Fsp3) is 0.500. The van der Waals surface area contributed by atoms with E-state index in [1.54, 1.807) is 12.1 Å². The first-order valence-electron chi connectivity index (χ1n) is 7.81. The SMILES string of the molecule is Cn1c(C2CC2)nc2cc(NC(=O)C3CC(F)(F)CN3)ccc21. The molecule has 2 aliphatic rings. The number of benzene rings is 1. The zero-order chi connectivity index (χ0) is 16.2. The number of aryl methyl sites for hydroxylation is 1. The van der Waals surface area contributed by atoms with Crippen molar-refractivity contribution in [3.63, 3.8) is 0 Å². The molecule has 1 aromatic heterocycles. The second-order valence-corrected chi connectivity index (χ2v) is 6.49. The minimum atomic E-state index is -2.81. The van der Waals surface area contributed by atoms with Crippen LogP contribution in [0.1, 0.15) is 31.0 Å². The van der Waals surface area contributed by atoms with Gasteiger partial charge in [-0.1, -0.05) is 0 Å². The highest BCUT2D eigenvalue weighted by Crippen LogP contribution is 2.40. The Morgan fingerprint density at radius 2 is 2.22 bits per heavy atom. The van der Waals surface area contributed by atoms with E-state index in [4.69, 9.17) is 0 Å². The Morgan fingerprint density at radius 3 is 2.87 bits per heavy atom. The third-order valence-electron chi connectivity index (χ3n) is 4.55. The number of amides is 1. The van der Waals surface area contributed by atoms with Gasteiger partial charge in [0.25, 0.3) is 5.92 Å². The second-order valence-electron chi connectivity index (χ2n) is 6.49. The summed E-state index contributed by atoms with van der Waals surface area (Å²) < 4.78 is 28.4. The molecule has 1 atom stereocenters. The maximum absolute atomic E-state index is 13.2. The van der Waals surface area contributed by atoms with E-state index in [0.717, 1.165) is 16.9 Å². The molecule has 2 N–H and O–H groups in total. The molecule has 1 saturated heterocycles. The molecule has 2 fully saturated rings. The molecule has 23 heavy (non-hydrogen) atoms. The summed E-state index contributed by atoms with van der Waals surface area (Å²) in [5.41, 5.74) is 2.41. The zero-order valence-corrected chi connectivity index (χ0v) is 12.8. The normalized spacial score (nSPS) is 23.3. The van der Waals surface area contributed by atoms with Crippen LogP contribution in [0.3, 0.4) is 0 Å². The molecule has 2 heterocycles. The molecular weight excluding hydrogens is 302 g/mol. The van der Waals surface area contributed by atoms with Gasteiger partial charge in [0.05, 0.1) is 23.6 Å². The minimum Gasteiger partial charge on any atom is -0.331 e. The lowest BCUT2D eigenvalue weighted by Gasteiger charge is -2.11. The van der Waals surface area contributed by atoms with Gasteiger partial charge in [0.15, 0.2) is 0 Å². The van der Waals surface area contributed by atoms with Crippen LogP contribution in [0.5, 0.6) is 0 Å². The largest absolute Gasteiger partial charge is 0.331 e. The van der Waals surface area contributed by atoms with Crippen molar-refractivity contribution in [2.45, 2.75) is 37.1 Å². The Kier molecular flexibility index (Phi) is 3.16. The van der Waals surface area contributed by atoms with Crippen molar-refractivity contribution >= 4 is 22.6 Å². The van der Waals surface area contributed by atoms with Crippen molar-refractivity contribution in [2.24, 2.45) is 7.05 Å². The number of aromatic nitrogens is 2. The number of fused-ring (bicyclic) bond motifs is 1. The molecule has 0 spiro atoms. The van der Waals surface area contributed by atoms with Crippen LogP contribution in [-0.4, -0.2) is 34.0 Å². The Bertz CT molecular complexity index is 782. The predicted molar refractivity (Wildman–Crippen MR) is 82.7 cm³/mol. The van der Waals surface area contributed by atoms with E-state index in [-0.39, 0.29) is 0 Å². The molecule has 7 heteroatoms. The summed E-state index contributed by atoms with van der Waals surface area (Å²) in [6.45, 7) is -0.449. The van der Waals surface area contributed by atoms with Crippen molar-refractivity contribution in [2.75, 3.05) is 11.9 Å². The lowest BCUT2D eigenvalue weighted by molar-refractivity contribution is -0.118. The smallest absolute Gasteiger partial charge is 0.262 e. The number of nitrogens with one attached hydrogen (secondary N) is 2. The van der Waals surface area contributed by atoms with Crippen molar-refractivity contribution in [1.82, 2.24) is 14.9 Å². The average molecular weight is 320 g/mol. The van der Waals surface area contributed by atoms with Gasteiger partial charge in [-0.2, -0.15) is 0 Å². The summed E-state index contributed by atoms with van der Waals surface area (Å²) in [4.78, 5) is 16.7. The van der Waals surface area contributed by atoms with Crippen LogP contribution in [0.2, 0.25) is 0 Å². The number of nitrogens with zero attached hydrogens (tertiary/aromatic N) is 2. The fourth-order valence-corrected chi connectivity index (χ4v) is 3.13. The zero-order valence-electron chi connectivity index (χ0n) is 12.8. The Morgan fingerprint density at radius 1 is 1.43 bits per heavy atom. The number of carbonyl (C=O) groups is 1. The molecule has 4 rings (SSSR count). The van der Waals surface area contributed by atoms with Gasteiger partial charge in [-0.3, -0.25) is 10.1 Å². The third-order valence-corrected chi connectivity index (χ3v) is 4.55. The maximum Gasteiger partial charge on any atom is 0.262 e. The highest BCUT2D eigenvalue weighted by Gasteiger charge is 2.42. The highest BCUT2D eigenvalue weighted by molar-refractivity contribution is 5.96. The Hall–Kier alpha value is -2.02. The van der Waals surface area contributed by atoms with Crippen molar-refractivity contribution < 1.29 is 13.6 Å². The third kappa shape index (κ3) is 2.69. The van der Waals surface area contributed by atoms with E-state index >= 15 is 0 Å². The molecule has 1 aliphatic carbocycles. The highest BCUT2D eigenvalue weighted by atomic mass is 19.3. The average Bonchev–Trinajstić information content (AvgIpc) is 3.20. The van der Waals surface area contributed by atoms with Crippen molar-refractivity contribution in [1.29, 1.82) is 0 Å². The van der Waals surface area contributed by atoms with Crippen molar-refractivity contribution in [3.8, 4) is 0 Å². The van der Waals surface area contributed by atoms with Gasteiger partial charge in [0, 0.05) is 25.1 Å². The van der Waals surface area contributed by atoms with Gasteiger partial charge in [0.1, 0.15) is 5.82 Å². The maximum atomic E-state index is 13.2. The molecule has 1 saturated carbocycles. The Balaban J connectivity index is 1.54. The van der Waals surface area contributed by atoms with Crippen molar-refractivity contribution in [3.05, 3.63) is 24.0 Å². The number of imidazole rings is 1. The van der Waals surface area contributed by atoms with Crippen LogP contribution in [0.4, 0.5) is 14.5 Å². The van der Waals surface area contributed by atoms with Gasteiger partial charge >= 0.3 is 0 Å². The second kappa shape index (κ2) is 4.99. The number of alkyl halides is 2. The molecule has 1 aliphatic heterocycles. The first kappa shape index (κ1) is 14.6. The first-order chi connectivity index (χ1) is 10.9. The van der Waals surface area contributed by atoms with E-state index in [9.17, 15) is 13.6 Å². The van der Waals surface area contributed by atoms with E-state index < -0.39 is 30.8 Å². The molecule has 1 aromatic carbocycles. The summed E-state index contributed by atoms with van der Waals surface area (Å²) in [7, 11) is 1.99. The minimum absolute atomic E-state index is 0.431. The predicted octanol–water partition coefficient (Wildman–Crippen LogP) is 2.39. The Labute approximate surface area is 132 Å². The molecule has 0 radical (unpaired) electrons.